The first-order valence-electron chi connectivity index (χ1n) is 8.70. The Morgan fingerprint density at radius 2 is 1.79 bits per heavy atom. The van der Waals surface area contributed by atoms with Gasteiger partial charge in [0.25, 0.3) is 0 Å². The Morgan fingerprint density at radius 3 is 2.42 bits per heavy atom. The zero-order valence-electron chi connectivity index (χ0n) is 14.4. The van der Waals surface area contributed by atoms with E-state index in [1.807, 2.05) is 12.1 Å². The number of hydrogen-bond acceptors (Lipinski definition) is 3. The maximum Gasteiger partial charge on any atom is 0.0924 e. The summed E-state index contributed by atoms with van der Waals surface area (Å²) in [4.78, 5) is 6.67. The van der Waals surface area contributed by atoms with Crippen LogP contribution in [0.1, 0.15) is 51.2 Å². The van der Waals surface area contributed by atoms with E-state index in [9.17, 15) is 5.11 Å². The van der Waals surface area contributed by atoms with Gasteiger partial charge in [0.15, 0.2) is 0 Å². The second-order valence-corrected chi connectivity index (χ2v) is 7.05. The van der Waals surface area contributed by atoms with Crippen LogP contribution in [0.5, 0.6) is 0 Å². The highest BCUT2D eigenvalue weighted by molar-refractivity contribution is 6.38. The van der Waals surface area contributed by atoms with Gasteiger partial charge in [0.2, 0.25) is 0 Å². The molecule has 2 rings (SSSR count). The van der Waals surface area contributed by atoms with Crippen LogP contribution < -0.4 is 0 Å². The molecule has 0 unspecified atom stereocenters. The van der Waals surface area contributed by atoms with E-state index in [-0.39, 0.29) is 0 Å². The fraction of sp³-hybridized carbons (Fsp3) is 0.526. The molecule has 0 bridgehead atoms. The highest BCUT2D eigenvalue weighted by atomic mass is 35.5. The maximum absolute atomic E-state index is 10.8. The molecule has 1 heterocycles. The van der Waals surface area contributed by atoms with Crippen LogP contribution in [0, 0.1) is 0 Å². The van der Waals surface area contributed by atoms with Gasteiger partial charge in [0.05, 0.1) is 16.6 Å². The topological polar surface area (TPSA) is 36.4 Å². The minimum atomic E-state index is -0.584. The minimum absolute atomic E-state index is 0.514. The van der Waals surface area contributed by atoms with Crippen LogP contribution in [-0.4, -0.2) is 34.6 Å². The quantitative estimate of drug-likeness (QED) is 0.636. The van der Waals surface area contributed by atoms with E-state index >= 15 is 0 Å². The normalized spacial score (nSPS) is 12.9. The van der Waals surface area contributed by atoms with Crippen molar-refractivity contribution in [1.29, 1.82) is 0 Å². The first-order chi connectivity index (χ1) is 11.6. The van der Waals surface area contributed by atoms with Gasteiger partial charge in [-0.2, -0.15) is 0 Å². The van der Waals surface area contributed by atoms with Gasteiger partial charge in [-0.1, -0.05) is 49.9 Å². The Balaban J connectivity index is 2.24. The molecular weight excluding hydrogens is 343 g/mol. The molecular formula is C19H26Cl2N2O. The molecule has 5 heteroatoms. The second-order valence-electron chi connectivity index (χ2n) is 6.21. The van der Waals surface area contributed by atoms with Gasteiger partial charge in [0.1, 0.15) is 0 Å². The largest absolute Gasteiger partial charge is 0.387 e. The van der Waals surface area contributed by atoms with Crippen molar-refractivity contribution in [3.8, 4) is 0 Å². The Kier molecular flexibility index (Phi) is 7.76. The lowest BCUT2D eigenvalue weighted by atomic mass is 10.0. The van der Waals surface area contributed by atoms with Crippen molar-refractivity contribution in [3.63, 3.8) is 0 Å². The molecule has 3 nitrogen and oxygen atoms in total. The van der Waals surface area contributed by atoms with Crippen LogP contribution in [0.15, 0.2) is 24.4 Å². The summed E-state index contributed by atoms with van der Waals surface area (Å²) in [5, 5.41) is 12.7. The summed E-state index contributed by atoms with van der Waals surface area (Å²) in [7, 11) is 0. The SMILES string of the molecule is CCCCN(CCCC)C[C@@H](O)c1ccnc2c(Cl)cc(Cl)cc12. The molecule has 0 fully saturated rings. The van der Waals surface area contributed by atoms with Gasteiger partial charge in [-0.25, -0.2) is 0 Å². The van der Waals surface area contributed by atoms with Gasteiger partial charge >= 0.3 is 0 Å². The van der Waals surface area contributed by atoms with Crippen molar-refractivity contribution in [2.75, 3.05) is 19.6 Å². The van der Waals surface area contributed by atoms with Crippen molar-refractivity contribution in [2.24, 2.45) is 0 Å². The van der Waals surface area contributed by atoms with E-state index in [2.05, 4.69) is 23.7 Å². The molecule has 0 amide bonds. The van der Waals surface area contributed by atoms with Crippen molar-refractivity contribution >= 4 is 34.1 Å². The summed E-state index contributed by atoms with van der Waals surface area (Å²) in [6.45, 7) is 7.02. The predicted octanol–water partition coefficient (Wildman–Crippen LogP) is 5.48. The zero-order valence-corrected chi connectivity index (χ0v) is 15.9. The van der Waals surface area contributed by atoms with Gasteiger partial charge in [0, 0.05) is 23.2 Å². The van der Waals surface area contributed by atoms with E-state index in [1.165, 1.54) is 0 Å². The number of fused-ring (bicyclic) bond motifs is 1. The predicted molar refractivity (Wildman–Crippen MR) is 103 cm³/mol. The fourth-order valence-electron chi connectivity index (χ4n) is 2.89. The van der Waals surface area contributed by atoms with E-state index in [1.54, 1.807) is 12.3 Å². The lowest BCUT2D eigenvalue weighted by molar-refractivity contribution is 0.112. The molecule has 0 saturated heterocycles. The molecule has 2 aromatic rings. The molecule has 0 spiro atoms. The third kappa shape index (κ3) is 5.06. The van der Waals surface area contributed by atoms with E-state index < -0.39 is 6.10 Å². The van der Waals surface area contributed by atoms with Crippen molar-refractivity contribution in [2.45, 2.75) is 45.6 Å². The number of unbranched alkanes of at least 4 members (excludes halogenated alkanes) is 2. The van der Waals surface area contributed by atoms with Crippen LogP contribution in [0.25, 0.3) is 10.9 Å². The number of aliphatic hydroxyl groups is 1. The third-order valence-electron chi connectivity index (χ3n) is 4.24. The summed E-state index contributed by atoms with van der Waals surface area (Å²) in [5.74, 6) is 0. The highest BCUT2D eigenvalue weighted by Gasteiger charge is 2.17. The Morgan fingerprint density at radius 1 is 1.12 bits per heavy atom. The first-order valence-corrected chi connectivity index (χ1v) is 9.46. The number of pyridine rings is 1. The summed E-state index contributed by atoms with van der Waals surface area (Å²) >= 11 is 12.4. The van der Waals surface area contributed by atoms with Gasteiger partial charge in [-0.15, -0.1) is 0 Å². The van der Waals surface area contributed by atoms with E-state index in [0.717, 1.165) is 49.7 Å². The molecule has 1 aromatic heterocycles. The first kappa shape index (κ1) is 19.5. The summed E-state index contributed by atoms with van der Waals surface area (Å²) < 4.78 is 0. The number of aromatic nitrogens is 1. The lowest BCUT2D eigenvalue weighted by Crippen LogP contribution is -2.30. The van der Waals surface area contributed by atoms with Crippen molar-refractivity contribution in [1.82, 2.24) is 9.88 Å². The van der Waals surface area contributed by atoms with Crippen LogP contribution in [0.4, 0.5) is 0 Å². The number of halogens is 2. The maximum atomic E-state index is 10.8. The average Bonchev–Trinajstić information content (AvgIpc) is 2.56. The van der Waals surface area contributed by atoms with Crippen LogP contribution >= 0.6 is 23.2 Å². The molecule has 1 aromatic carbocycles. The van der Waals surface area contributed by atoms with Crippen molar-refractivity contribution in [3.05, 3.63) is 40.0 Å². The Hall–Kier alpha value is -0.870. The number of nitrogens with zero attached hydrogens (tertiary/aromatic N) is 2. The number of hydrogen-bond donors (Lipinski definition) is 1. The number of rotatable bonds is 9. The fourth-order valence-corrected chi connectivity index (χ4v) is 3.43. The summed E-state index contributed by atoms with van der Waals surface area (Å²) in [6, 6.07) is 5.37. The van der Waals surface area contributed by atoms with Crippen LogP contribution in [0.3, 0.4) is 0 Å². The molecule has 24 heavy (non-hydrogen) atoms. The van der Waals surface area contributed by atoms with Gasteiger partial charge in [-0.3, -0.25) is 4.98 Å². The molecule has 132 valence electrons. The Bertz CT molecular complexity index is 655. The van der Waals surface area contributed by atoms with Crippen molar-refractivity contribution < 1.29 is 5.11 Å². The molecule has 0 saturated carbocycles. The molecule has 1 N–H and O–H groups in total. The molecule has 1 atom stereocenters. The van der Waals surface area contributed by atoms with E-state index in [0.29, 0.717) is 22.1 Å². The second kappa shape index (κ2) is 9.57. The van der Waals surface area contributed by atoms with Gasteiger partial charge in [-0.05, 0) is 49.7 Å². The summed E-state index contributed by atoms with van der Waals surface area (Å²) in [6.07, 6.45) is 5.71. The number of benzene rings is 1. The molecule has 0 radical (unpaired) electrons. The highest BCUT2D eigenvalue weighted by Crippen LogP contribution is 2.31. The Labute approximate surface area is 154 Å². The zero-order chi connectivity index (χ0) is 17.5. The number of aliphatic hydroxyl groups excluding tert-OH is 1. The third-order valence-corrected chi connectivity index (χ3v) is 4.75. The lowest BCUT2D eigenvalue weighted by Gasteiger charge is -2.25. The standard InChI is InChI=1S/C19H26Cl2N2O/c1-3-5-9-23(10-6-4-2)13-18(24)15-7-8-22-19-16(15)11-14(20)12-17(19)21/h7-8,11-12,18,24H,3-6,9-10,13H2,1-2H3/t18-/m1/s1. The van der Waals surface area contributed by atoms with Crippen LogP contribution in [-0.2, 0) is 0 Å². The monoisotopic (exact) mass is 368 g/mol. The summed E-state index contributed by atoms with van der Waals surface area (Å²) in [5.41, 5.74) is 1.52. The minimum Gasteiger partial charge on any atom is -0.387 e. The average molecular weight is 369 g/mol. The van der Waals surface area contributed by atoms with Gasteiger partial charge < -0.3 is 10.0 Å². The molecule has 0 aliphatic carbocycles. The van der Waals surface area contributed by atoms with Crippen LogP contribution in [0.2, 0.25) is 10.0 Å². The smallest absolute Gasteiger partial charge is 0.0924 e. The van der Waals surface area contributed by atoms with E-state index in [4.69, 9.17) is 23.2 Å². The molecule has 0 aliphatic rings. The molecule has 0 aliphatic heterocycles.